The Morgan fingerprint density at radius 2 is 0.671 bits per heavy atom. The summed E-state index contributed by atoms with van der Waals surface area (Å²) in [6.07, 6.45) is 51.5. The zero-order valence-electron chi connectivity index (χ0n) is 55.1. The second-order valence-corrected chi connectivity index (χ2v) is 26.4. The van der Waals surface area contributed by atoms with Crippen molar-refractivity contribution in [2.24, 2.45) is 0 Å². The van der Waals surface area contributed by atoms with Crippen molar-refractivity contribution in [1.29, 1.82) is 0 Å². The van der Waals surface area contributed by atoms with Gasteiger partial charge in [-0.2, -0.15) is 0 Å². The van der Waals surface area contributed by atoms with E-state index in [9.17, 15) is 45.6 Å². The fourth-order valence-electron chi connectivity index (χ4n) is 12.7. The van der Waals surface area contributed by atoms with Gasteiger partial charge in [0.25, 0.3) is 0 Å². The number of hydrogen-bond donors (Lipinski definition) is 9. The summed E-state index contributed by atoms with van der Waals surface area (Å²) >= 11 is 0. The summed E-state index contributed by atoms with van der Waals surface area (Å²) in [6, 6.07) is -0.823. The molecule has 0 spiro atoms. The number of ether oxygens (including phenoxy) is 4. The Morgan fingerprint density at radius 1 is 0.376 bits per heavy atom. The van der Waals surface area contributed by atoms with Gasteiger partial charge in [0.2, 0.25) is 5.91 Å². The highest BCUT2D eigenvalue weighted by atomic mass is 16.7. The molecule has 14 heteroatoms. The van der Waals surface area contributed by atoms with Crippen LogP contribution in [0.2, 0.25) is 0 Å². The minimum atomic E-state index is -1.78. The highest BCUT2D eigenvalue weighted by Crippen LogP contribution is 2.30. The van der Waals surface area contributed by atoms with E-state index < -0.39 is 86.8 Å². The SMILES string of the molecule is CCCCCCCCCCCCCCCCCCCCCCCCCCCCCCCCCCCCCCC(=O)NC(COC1OC(CO)C(OC2OC(CO)C(O)C(O)C2O)C(O)C1O)C(O)CCCCCCCCCCCCCCCCC. The van der Waals surface area contributed by atoms with E-state index in [1.165, 1.54) is 276 Å². The van der Waals surface area contributed by atoms with Crippen LogP contribution in [0.4, 0.5) is 0 Å². The maximum Gasteiger partial charge on any atom is 0.220 e. The molecule has 0 aliphatic carbocycles. The number of nitrogens with one attached hydrogen (secondary N) is 1. The van der Waals surface area contributed by atoms with Crippen LogP contribution in [0.5, 0.6) is 0 Å². The molecular formula is C71H139NO13. The zero-order chi connectivity index (χ0) is 61.6. The first-order chi connectivity index (χ1) is 41.6. The largest absolute Gasteiger partial charge is 0.394 e. The molecular weight excluding hydrogens is 1070 g/mol. The quantitative estimate of drug-likeness (QED) is 0.0259. The number of carbonyl (C=O) groups is 1. The number of unbranched alkanes of at least 4 members (excludes halogenated alkanes) is 49. The molecule has 12 unspecified atom stereocenters. The molecule has 2 saturated heterocycles. The average molecular weight is 1210 g/mol. The lowest BCUT2D eigenvalue weighted by atomic mass is 9.97. The molecule has 0 radical (unpaired) electrons. The number of aliphatic hydroxyl groups excluding tert-OH is 8. The van der Waals surface area contributed by atoms with Crippen LogP contribution in [0.25, 0.3) is 0 Å². The van der Waals surface area contributed by atoms with E-state index in [1.54, 1.807) is 0 Å². The number of aliphatic hydroxyl groups is 8. The molecule has 14 nitrogen and oxygen atoms in total. The van der Waals surface area contributed by atoms with Gasteiger partial charge in [0.05, 0.1) is 32.0 Å². The molecule has 1 amide bonds. The highest BCUT2D eigenvalue weighted by Gasteiger charge is 2.51. The normalized spacial score (nSPS) is 23.4. The van der Waals surface area contributed by atoms with Gasteiger partial charge in [-0.3, -0.25) is 4.79 Å². The van der Waals surface area contributed by atoms with Crippen molar-refractivity contribution in [2.75, 3.05) is 19.8 Å². The van der Waals surface area contributed by atoms with Crippen molar-refractivity contribution in [3.63, 3.8) is 0 Å². The zero-order valence-corrected chi connectivity index (χ0v) is 55.1. The van der Waals surface area contributed by atoms with Crippen LogP contribution in [-0.2, 0) is 23.7 Å². The fourth-order valence-corrected chi connectivity index (χ4v) is 12.7. The van der Waals surface area contributed by atoms with E-state index >= 15 is 0 Å². The maximum atomic E-state index is 13.3. The summed E-state index contributed by atoms with van der Waals surface area (Å²) in [5.41, 5.74) is 0. The van der Waals surface area contributed by atoms with E-state index in [4.69, 9.17) is 18.9 Å². The topological polar surface area (TPSA) is 228 Å². The van der Waals surface area contributed by atoms with Gasteiger partial charge in [0.1, 0.15) is 48.8 Å². The highest BCUT2D eigenvalue weighted by molar-refractivity contribution is 5.76. The van der Waals surface area contributed by atoms with Crippen LogP contribution in [0.1, 0.15) is 354 Å². The lowest BCUT2D eigenvalue weighted by Gasteiger charge is -2.46. The van der Waals surface area contributed by atoms with Crippen LogP contribution < -0.4 is 5.32 Å². The van der Waals surface area contributed by atoms with Crippen molar-refractivity contribution in [1.82, 2.24) is 5.32 Å². The third kappa shape index (κ3) is 41.2. The lowest BCUT2D eigenvalue weighted by Crippen LogP contribution is -2.65. The van der Waals surface area contributed by atoms with Crippen molar-refractivity contribution in [3.05, 3.63) is 0 Å². The maximum absolute atomic E-state index is 13.3. The first-order valence-corrected chi connectivity index (χ1v) is 36.8. The van der Waals surface area contributed by atoms with Gasteiger partial charge in [0.15, 0.2) is 12.6 Å². The molecule has 2 rings (SSSR count). The first kappa shape index (κ1) is 80.1. The Balaban J connectivity index is 1.56. The minimum Gasteiger partial charge on any atom is -0.394 e. The van der Waals surface area contributed by atoms with Crippen LogP contribution in [0.3, 0.4) is 0 Å². The Morgan fingerprint density at radius 3 is 1.00 bits per heavy atom. The van der Waals surface area contributed by atoms with Crippen molar-refractivity contribution < 1.29 is 64.6 Å². The molecule has 2 heterocycles. The van der Waals surface area contributed by atoms with Crippen LogP contribution in [-0.4, -0.2) is 140 Å². The molecule has 12 atom stereocenters. The van der Waals surface area contributed by atoms with Crippen molar-refractivity contribution in [2.45, 2.75) is 428 Å². The van der Waals surface area contributed by atoms with Gasteiger partial charge in [-0.25, -0.2) is 0 Å². The minimum absolute atomic E-state index is 0.198. The standard InChI is InChI=1S/C71H139NO13/c1-3-5-7-9-11-13-15-17-19-20-21-22-23-24-25-26-27-28-29-30-31-32-33-34-35-36-37-38-39-41-43-45-47-49-51-53-55-63(76)72-59(60(75)54-52-50-48-46-44-42-40-18-16-14-12-10-8-6-4-2)58-82-70-68(81)66(79)69(62(57-74)84-70)85-71-67(80)65(78)64(77)61(56-73)83-71/h59-62,64-71,73-75,77-81H,3-58H2,1-2H3,(H,72,76). The molecule has 0 aromatic carbocycles. The van der Waals surface area contributed by atoms with Gasteiger partial charge in [-0.05, 0) is 12.8 Å². The summed E-state index contributed by atoms with van der Waals surface area (Å²) in [6.45, 7) is 2.92. The molecule has 2 fully saturated rings. The third-order valence-electron chi connectivity index (χ3n) is 18.6. The molecule has 506 valence electrons. The van der Waals surface area contributed by atoms with E-state index in [0.29, 0.717) is 12.8 Å². The van der Waals surface area contributed by atoms with Crippen molar-refractivity contribution in [3.8, 4) is 0 Å². The molecule has 0 bridgehead atoms. The van der Waals surface area contributed by atoms with E-state index in [0.717, 1.165) is 51.4 Å². The number of amides is 1. The predicted octanol–water partition coefficient (Wildman–Crippen LogP) is 15.2. The van der Waals surface area contributed by atoms with Crippen LogP contribution in [0.15, 0.2) is 0 Å². The van der Waals surface area contributed by atoms with Gasteiger partial charge in [-0.15, -0.1) is 0 Å². The summed E-state index contributed by atoms with van der Waals surface area (Å²) in [5, 5.41) is 87.5. The molecule has 2 aliphatic rings. The summed E-state index contributed by atoms with van der Waals surface area (Å²) in [5.74, 6) is -0.198. The summed E-state index contributed by atoms with van der Waals surface area (Å²) < 4.78 is 22.9. The van der Waals surface area contributed by atoms with Crippen LogP contribution in [0, 0.1) is 0 Å². The average Bonchev–Trinajstić information content (AvgIpc) is 3.71. The van der Waals surface area contributed by atoms with E-state index in [2.05, 4.69) is 19.2 Å². The van der Waals surface area contributed by atoms with Gasteiger partial charge < -0.3 is 65.1 Å². The monoisotopic (exact) mass is 1210 g/mol. The second-order valence-electron chi connectivity index (χ2n) is 26.4. The lowest BCUT2D eigenvalue weighted by molar-refractivity contribution is -0.359. The number of rotatable bonds is 62. The third-order valence-corrected chi connectivity index (χ3v) is 18.6. The molecule has 0 aromatic heterocycles. The predicted molar refractivity (Wildman–Crippen MR) is 346 cm³/mol. The van der Waals surface area contributed by atoms with Gasteiger partial charge in [0, 0.05) is 6.42 Å². The Bertz CT molecular complexity index is 1430. The van der Waals surface area contributed by atoms with Gasteiger partial charge >= 0.3 is 0 Å². The number of hydrogen-bond acceptors (Lipinski definition) is 13. The van der Waals surface area contributed by atoms with Crippen LogP contribution >= 0.6 is 0 Å². The Kier molecular flexibility index (Phi) is 53.6. The van der Waals surface area contributed by atoms with Gasteiger partial charge in [-0.1, -0.05) is 335 Å². The Hall–Kier alpha value is -1.01. The van der Waals surface area contributed by atoms with Crippen molar-refractivity contribution >= 4 is 5.91 Å². The summed E-state index contributed by atoms with van der Waals surface area (Å²) in [7, 11) is 0. The van der Waals surface area contributed by atoms with E-state index in [1.807, 2.05) is 0 Å². The number of carbonyl (C=O) groups excluding carboxylic acids is 1. The molecule has 2 aliphatic heterocycles. The molecule has 0 saturated carbocycles. The fraction of sp³-hybridized carbons (Fsp3) is 0.986. The molecule has 9 N–H and O–H groups in total. The molecule has 0 aromatic rings. The second kappa shape index (κ2) is 56.9. The Labute approximate surface area is 521 Å². The summed E-state index contributed by atoms with van der Waals surface area (Å²) in [4.78, 5) is 13.3. The van der Waals surface area contributed by atoms with E-state index in [-0.39, 0.29) is 12.5 Å². The first-order valence-electron chi connectivity index (χ1n) is 36.8. The smallest absolute Gasteiger partial charge is 0.220 e. The molecule has 85 heavy (non-hydrogen) atoms.